The molecule has 0 unspecified atom stereocenters. The molecule has 0 fully saturated rings. The number of hydrogen-bond donors (Lipinski definition) is 1. The number of nitrogens with zero attached hydrogens (tertiary/aromatic N) is 2. The van der Waals surface area contributed by atoms with Gasteiger partial charge < -0.3 is 10.1 Å². The maximum absolute atomic E-state index is 13.0. The van der Waals surface area contributed by atoms with Gasteiger partial charge in [-0.25, -0.2) is 9.48 Å². The van der Waals surface area contributed by atoms with Crippen molar-refractivity contribution in [2.75, 3.05) is 11.9 Å². The average Bonchev–Trinajstić information content (AvgIpc) is 3.34. The quantitative estimate of drug-likeness (QED) is 0.350. The van der Waals surface area contributed by atoms with Gasteiger partial charge in [-0.15, -0.1) is 0 Å². The largest absolute Gasteiger partial charge is 0.452 e. The summed E-state index contributed by atoms with van der Waals surface area (Å²) in [6.07, 6.45) is 1.63. The van der Waals surface area contributed by atoms with Gasteiger partial charge in [0.05, 0.1) is 5.69 Å². The summed E-state index contributed by atoms with van der Waals surface area (Å²) in [4.78, 5) is 25.6. The highest BCUT2D eigenvalue weighted by molar-refractivity contribution is 6.03. The van der Waals surface area contributed by atoms with Crippen LogP contribution in [0, 0.1) is 0 Å². The minimum absolute atomic E-state index is 0.285. The van der Waals surface area contributed by atoms with Gasteiger partial charge >= 0.3 is 5.97 Å². The van der Waals surface area contributed by atoms with Crippen LogP contribution in [0.1, 0.15) is 10.4 Å². The van der Waals surface area contributed by atoms with Gasteiger partial charge in [0.25, 0.3) is 5.91 Å². The van der Waals surface area contributed by atoms with Crippen LogP contribution < -0.4 is 5.32 Å². The molecule has 6 heteroatoms. The van der Waals surface area contributed by atoms with Crippen LogP contribution in [0.5, 0.6) is 0 Å². The van der Waals surface area contributed by atoms with Crippen molar-refractivity contribution in [2.45, 2.75) is 0 Å². The first-order valence-corrected chi connectivity index (χ1v) is 10.8. The van der Waals surface area contributed by atoms with Gasteiger partial charge in [0, 0.05) is 22.8 Å². The lowest BCUT2D eigenvalue weighted by molar-refractivity contribution is -0.119. The number of nitrogens with one attached hydrogen (secondary N) is 1. The molecule has 0 atom stereocenters. The Morgan fingerprint density at radius 1 is 0.794 bits per heavy atom. The summed E-state index contributed by atoms with van der Waals surface area (Å²) in [5.74, 6) is -1.03. The molecule has 5 aromatic rings. The summed E-state index contributed by atoms with van der Waals surface area (Å²) in [6, 6.07) is 32.3. The smallest absolute Gasteiger partial charge is 0.342 e. The topological polar surface area (TPSA) is 73.2 Å². The van der Waals surface area contributed by atoms with Gasteiger partial charge in [-0.1, -0.05) is 84.9 Å². The molecule has 0 aliphatic carbocycles. The highest BCUT2D eigenvalue weighted by Crippen LogP contribution is 2.25. The summed E-state index contributed by atoms with van der Waals surface area (Å²) in [7, 11) is 0. The standard InChI is InChI=1S/C28H21N3O3/c32-26(29-25-17-9-13-20-10-7-8-16-23(20)25)19-34-28(33)24-18-31(22-14-5-2-6-15-22)30-27(24)21-11-3-1-4-12-21/h1-18H,19H2,(H,29,32). The Morgan fingerprint density at radius 2 is 1.47 bits per heavy atom. The highest BCUT2D eigenvalue weighted by Gasteiger charge is 2.21. The molecule has 0 bridgehead atoms. The number of carbonyl (C=O) groups is 2. The first-order valence-electron chi connectivity index (χ1n) is 10.8. The molecule has 1 amide bonds. The minimum Gasteiger partial charge on any atom is -0.452 e. The summed E-state index contributed by atoms with van der Waals surface area (Å²) >= 11 is 0. The number of rotatable bonds is 6. The number of benzene rings is 4. The average molecular weight is 447 g/mol. The molecular weight excluding hydrogens is 426 g/mol. The zero-order valence-electron chi connectivity index (χ0n) is 18.2. The zero-order chi connectivity index (χ0) is 23.3. The molecule has 1 aromatic heterocycles. The van der Waals surface area contributed by atoms with E-state index in [-0.39, 0.29) is 5.56 Å². The van der Waals surface area contributed by atoms with Crippen molar-refractivity contribution in [3.05, 3.63) is 115 Å². The van der Waals surface area contributed by atoms with Crippen LogP contribution in [-0.4, -0.2) is 28.3 Å². The van der Waals surface area contributed by atoms with Crippen molar-refractivity contribution in [3.8, 4) is 16.9 Å². The molecule has 0 aliphatic rings. The number of ether oxygens (including phenoxy) is 1. The molecule has 4 aromatic carbocycles. The second-order valence-electron chi connectivity index (χ2n) is 7.69. The summed E-state index contributed by atoms with van der Waals surface area (Å²) in [5.41, 5.74) is 3.04. The summed E-state index contributed by atoms with van der Waals surface area (Å²) < 4.78 is 7.02. The third-order valence-corrected chi connectivity index (χ3v) is 5.40. The van der Waals surface area contributed by atoms with E-state index in [9.17, 15) is 9.59 Å². The van der Waals surface area contributed by atoms with Crippen LogP contribution in [0.15, 0.2) is 109 Å². The van der Waals surface area contributed by atoms with Crippen molar-refractivity contribution in [3.63, 3.8) is 0 Å². The summed E-state index contributed by atoms with van der Waals surface area (Å²) in [5, 5.41) is 9.38. The Hall–Kier alpha value is -4.71. The molecule has 166 valence electrons. The number of hydrogen-bond acceptors (Lipinski definition) is 4. The monoisotopic (exact) mass is 447 g/mol. The molecule has 0 spiro atoms. The zero-order valence-corrected chi connectivity index (χ0v) is 18.2. The lowest BCUT2D eigenvalue weighted by Gasteiger charge is -2.09. The predicted molar refractivity (Wildman–Crippen MR) is 132 cm³/mol. The molecule has 34 heavy (non-hydrogen) atoms. The maximum atomic E-state index is 13.0. The number of fused-ring (bicyclic) bond motifs is 1. The Bertz CT molecular complexity index is 1460. The molecular formula is C28H21N3O3. The van der Waals surface area contributed by atoms with Crippen LogP contribution in [0.4, 0.5) is 5.69 Å². The van der Waals surface area contributed by atoms with Gasteiger partial charge in [0.15, 0.2) is 6.61 Å². The fraction of sp³-hybridized carbons (Fsp3) is 0.0357. The summed E-state index contributed by atoms with van der Waals surface area (Å²) in [6.45, 7) is -0.410. The number of aromatic nitrogens is 2. The van der Waals surface area contributed by atoms with E-state index < -0.39 is 18.5 Å². The maximum Gasteiger partial charge on any atom is 0.342 e. The minimum atomic E-state index is -0.617. The van der Waals surface area contributed by atoms with Crippen molar-refractivity contribution in [1.82, 2.24) is 9.78 Å². The Morgan fingerprint density at radius 3 is 2.26 bits per heavy atom. The van der Waals surface area contributed by atoms with E-state index >= 15 is 0 Å². The number of esters is 1. The first kappa shape index (κ1) is 21.2. The van der Waals surface area contributed by atoms with E-state index in [4.69, 9.17) is 4.74 Å². The second kappa shape index (κ2) is 9.42. The third kappa shape index (κ3) is 4.42. The van der Waals surface area contributed by atoms with E-state index in [0.717, 1.165) is 22.0 Å². The van der Waals surface area contributed by atoms with E-state index in [0.29, 0.717) is 11.4 Å². The number of anilines is 1. The molecule has 5 rings (SSSR count). The number of amides is 1. The normalized spacial score (nSPS) is 10.7. The van der Waals surface area contributed by atoms with Crippen LogP contribution in [0.3, 0.4) is 0 Å². The molecule has 0 saturated heterocycles. The van der Waals surface area contributed by atoms with Crippen LogP contribution in [-0.2, 0) is 9.53 Å². The molecule has 0 aliphatic heterocycles. The van der Waals surface area contributed by atoms with E-state index in [1.807, 2.05) is 103 Å². The van der Waals surface area contributed by atoms with E-state index in [2.05, 4.69) is 10.4 Å². The van der Waals surface area contributed by atoms with Crippen LogP contribution in [0.2, 0.25) is 0 Å². The fourth-order valence-electron chi connectivity index (χ4n) is 3.78. The Labute approximate surface area is 196 Å². The van der Waals surface area contributed by atoms with Crippen LogP contribution in [0.25, 0.3) is 27.7 Å². The number of carbonyl (C=O) groups excluding carboxylic acids is 2. The third-order valence-electron chi connectivity index (χ3n) is 5.40. The van der Waals surface area contributed by atoms with Gasteiger partial charge in [-0.05, 0) is 23.6 Å². The van der Waals surface area contributed by atoms with E-state index in [1.165, 1.54) is 0 Å². The van der Waals surface area contributed by atoms with Gasteiger partial charge in [0.1, 0.15) is 11.3 Å². The second-order valence-corrected chi connectivity index (χ2v) is 7.69. The van der Waals surface area contributed by atoms with Crippen molar-refractivity contribution < 1.29 is 14.3 Å². The SMILES string of the molecule is O=C(COC(=O)c1cn(-c2ccccc2)nc1-c1ccccc1)Nc1cccc2ccccc12. The fourth-order valence-corrected chi connectivity index (χ4v) is 3.78. The highest BCUT2D eigenvalue weighted by atomic mass is 16.5. The first-order chi connectivity index (χ1) is 16.7. The van der Waals surface area contributed by atoms with Gasteiger partial charge in [-0.3, -0.25) is 4.79 Å². The Balaban J connectivity index is 1.36. The van der Waals surface area contributed by atoms with Crippen molar-refractivity contribution in [1.29, 1.82) is 0 Å². The van der Waals surface area contributed by atoms with Crippen LogP contribution >= 0.6 is 0 Å². The van der Waals surface area contributed by atoms with E-state index in [1.54, 1.807) is 10.9 Å². The molecule has 0 radical (unpaired) electrons. The van der Waals surface area contributed by atoms with Gasteiger partial charge in [-0.2, -0.15) is 5.10 Å². The van der Waals surface area contributed by atoms with Crippen molar-refractivity contribution in [2.24, 2.45) is 0 Å². The molecule has 1 heterocycles. The molecule has 1 N–H and O–H groups in total. The molecule has 0 saturated carbocycles. The molecule has 6 nitrogen and oxygen atoms in total. The van der Waals surface area contributed by atoms with Gasteiger partial charge in [0.2, 0.25) is 0 Å². The lowest BCUT2D eigenvalue weighted by Crippen LogP contribution is -2.21. The lowest BCUT2D eigenvalue weighted by atomic mass is 10.1. The van der Waals surface area contributed by atoms with Crippen molar-refractivity contribution >= 4 is 28.3 Å². The Kier molecular flexibility index (Phi) is 5.86. The number of para-hydroxylation sites is 1. The predicted octanol–water partition coefficient (Wildman–Crippen LogP) is 5.49.